The lowest BCUT2D eigenvalue weighted by atomic mass is 9.96. The van der Waals surface area contributed by atoms with Gasteiger partial charge >= 0.3 is 5.97 Å². The van der Waals surface area contributed by atoms with Crippen LogP contribution in [0.25, 0.3) is 0 Å². The third kappa shape index (κ3) is 2.26. The van der Waals surface area contributed by atoms with E-state index in [9.17, 15) is 14.4 Å². The number of fused-ring (bicyclic) bond motifs is 5. The molecular weight excluding hydrogens is 344 g/mol. The molecule has 6 heteroatoms. The van der Waals surface area contributed by atoms with Crippen LogP contribution in [0, 0.1) is 0 Å². The highest BCUT2D eigenvalue weighted by Crippen LogP contribution is 2.53. The van der Waals surface area contributed by atoms with Crippen LogP contribution in [-0.2, 0) is 17.8 Å². The number of benzene rings is 1. The Hall–Kier alpha value is -2.99. The van der Waals surface area contributed by atoms with Crippen molar-refractivity contribution >= 4 is 17.5 Å². The summed E-state index contributed by atoms with van der Waals surface area (Å²) in [5.41, 5.74) is 2.78. The molecule has 136 valence electrons. The van der Waals surface area contributed by atoms with Gasteiger partial charge in [-0.3, -0.25) is 14.5 Å². The second kappa shape index (κ2) is 5.76. The maximum Gasteiger partial charge on any atom is 0.340 e. The van der Waals surface area contributed by atoms with Crippen LogP contribution in [0.4, 0.5) is 0 Å². The molecule has 3 heterocycles. The van der Waals surface area contributed by atoms with Crippen LogP contribution >= 0.6 is 0 Å². The van der Waals surface area contributed by atoms with Gasteiger partial charge < -0.3 is 9.30 Å². The van der Waals surface area contributed by atoms with E-state index in [1.807, 2.05) is 22.8 Å². The van der Waals surface area contributed by atoms with Crippen LogP contribution < -0.4 is 0 Å². The Morgan fingerprint density at radius 1 is 1.15 bits per heavy atom. The van der Waals surface area contributed by atoms with Crippen molar-refractivity contribution in [2.45, 2.75) is 32.1 Å². The fourth-order valence-corrected chi connectivity index (χ4v) is 4.43. The molecule has 1 fully saturated rings. The zero-order valence-electron chi connectivity index (χ0n) is 14.8. The molecule has 0 amide bonds. The number of nitrogens with zero attached hydrogens (tertiary/aromatic N) is 2. The predicted molar refractivity (Wildman–Crippen MR) is 96.7 cm³/mol. The second-order valence-electron chi connectivity index (χ2n) is 7.05. The lowest BCUT2D eigenvalue weighted by Gasteiger charge is -2.13. The van der Waals surface area contributed by atoms with E-state index >= 15 is 0 Å². The van der Waals surface area contributed by atoms with Crippen molar-refractivity contribution in [1.82, 2.24) is 9.47 Å². The molecule has 0 bridgehead atoms. The van der Waals surface area contributed by atoms with Gasteiger partial charge in [0.1, 0.15) is 5.69 Å². The average molecular weight is 362 g/mol. The summed E-state index contributed by atoms with van der Waals surface area (Å²) < 4.78 is 7.09. The van der Waals surface area contributed by atoms with Gasteiger partial charge in [0.05, 0.1) is 29.5 Å². The molecule has 6 nitrogen and oxygen atoms in total. The molecule has 27 heavy (non-hydrogen) atoms. The second-order valence-corrected chi connectivity index (χ2v) is 7.05. The summed E-state index contributed by atoms with van der Waals surface area (Å²) in [7, 11) is 0. The van der Waals surface area contributed by atoms with Gasteiger partial charge in [0.25, 0.3) is 0 Å². The fourth-order valence-electron chi connectivity index (χ4n) is 4.43. The van der Waals surface area contributed by atoms with E-state index in [-0.39, 0.29) is 41.4 Å². The minimum absolute atomic E-state index is 0.0378. The minimum Gasteiger partial charge on any atom is -0.462 e. The topological polar surface area (TPSA) is 68.4 Å². The number of hydrogen-bond acceptors (Lipinski definition) is 5. The summed E-state index contributed by atoms with van der Waals surface area (Å²) in [4.78, 5) is 39.9. The van der Waals surface area contributed by atoms with Crippen LogP contribution in [0.2, 0.25) is 0 Å². The highest BCUT2D eigenvalue weighted by Gasteiger charge is 2.58. The quantitative estimate of drug-likeness (QED) is 0.618. The van der Waals surface area contributed by atoms with Gasteiger partial charge in [-0.2, -0.15) is 0 Å². The Bertz CT molecular complexity index is 1020. The maximum absolute atomic E-state index is 12.7. The van der Waals surface area contributed by atoms with Crippen molar-refractivity contribution in [3.63, 3.8) is 0 Å². The first kappa shape index (κ1) is 16.2. The molecule has 0 radical (unpaired) electrons. The number of rotatable bonds is 4. The fraction of sp³-hybridized carbons (Fsp3) is 0.286. The van der Waals surface area contributed by atoms with Crippen molar-refractivity contribution in [1.29, 1.82) is 0 Å². The predicted octanol–water partition coefficient (Wildman–Crippen LogP) is 2.54. The SMILES string of the molecule is CCOC(=O)c1c2c(n3c1[C@H]1[C@@H](C3)N1Cc1ccccc1)C(=O)C=CC2=O. The molecule has 2 aliphatic heterocycles. The van der Waals surface area contributed by atoms with Gasteiger partial charge in [-0.1, -0.05) is 30.3 Å². The number of carbonyl (C=O) groups excluding carboxylic acids is 3. The first-order valence-electron chi connectivity index (χ1n) is 9.11. The van der Waals surface area contributed by atoms with Gasteiger partial charge in [-0.25, -0.2) is 4.79 Å². The average Bonchev–Trinajstić information content (AvgIpc) is 3.01. The Kier molecular flexibility index (Phi) is 3.45. The van der Waals surface area contributed by atoms with E-state index in [1.54, 1.807) is 6.92 Å². The molecule has 5 rings (SSSR count). The first-order chi connectivity index (χ1) is 13.1. The highest BCUT2D eigenvalue weighted by atomic mass is 16.5. The molecule has 1 unspecified atom stereocenters. The summed E-state index contributed by atoms with van der Waals surface area (Å²) in [5, 5.41) is 0. The van der Waals surface area contributed by atoms with Crippen molar-refractivity contribution in [3.05, 3.63) is 70.6 Å². The van der Waals surface area contributed by atoms with Crippen LogP contribution in [-0.4, -0.2) is 39.7 Å². The van der Waals surface area contributed by atoms with Gasteiger partial charge in [0, 0.05) is 19.1 Å². The number of ketones is 2. The molecule has 1 aromatic carbocycles. The number of hydrogen-bond donors (Lipinski definition) is 0. The molecule has 1 saturated heterocycles. The number of allylic oxidation sites excluding steroid dienone is 2. The highest BCUT2D eigenvalue weighted by molar-refractivity contribution is 6.25. The van der Waals surface area contributed by atoms with Gasteiger partial charge in [-0.15, -0.1) is 0 Å². The monoisotopic (exact) mass is 362 g/mol. The van der Waals surface area contributed by atoms with E-state index in [0.717, 1.165) is 12.2 Å². The summed E-state index contributed by atoms with van der Waals surface area (Å²) in [6, 6.07) is 10.4. The maximum atomic E-state index is 12.7. The van der Waals surface area contributed by atoms with Crippen LogP contribution in [0.15, 0.2) is 42.5 Å². The first-order valence-corrected chi connectivity index (χ1v) is 9.11. The summed E-state index contributed by atoms with van der Waals surface area (Å²) in [6.07, 6.45) is 2.54. The van der Waals surface area contributed by atoms with E-state index in [4.69, 9.17) is 4.74 Å². The van der Waals surface area contributed by atoms with Crippen LogP contribution in [0.5, 0.6) is 0 Å². The van der Waals surface area contributed by atoms with Crippen LogP contribution in [0.3, 0.4) is 0 Å². The Balaban J connectivity index is 1.58. The lowest BCUT2D eigenvalue weighted by Crippen LogP contribution is -2.19. The minimum atomic E-state index is -0.522. The zero-order chi connectivity index (χ0) is 18.7. The van der Waals surface area contributed by atoms with Crippen molar-refractivity contribution in [2.24, 2.45) is 0 Å². The number of ether oxygens (including phenoxy) is 1. The molecule has 2 aromatic rings. The standard InChI is InChI=1S/C21H18N2O4/c1-2-27-21(26)17-16-14(24)8-9-15(25)19(16)23-11-13-18(20(17)23)22(13)10-12-6-4-3-5-7-12/h3-9,13,18H,2,10-11H2,1H3/t13-,18-,22?/m1/s1. The molecule has 0 spiro atoms. The summed E-state index contributed by atoms with van der Waals surface area (Å²) in [6.45, 7) is 3.34. The van der Waals surface area contributed by atoms with E-state index < -0.39 is 5.97 Å². The normalized spacial score (nSPS) is 24.4. The summed E-state index contributed by atoms with van der Waals surface area (Å²) in [5.74, 6) is -1.05. The molecule has 0 saturated carbocycles. The molecule has 3 aliphatic rings. The van der Waals surface area contributed by atoms with E-state index in [2.05, 4.69) is 17.0 Å². The Morgan fingerprint density at radius 3 is 2.63 bits per heavy atom. The largest absolute Gasteiger partial charge is 0.462 e. The smallest absolute Gasteiger partial charge is 0.340 e. The van der Waals surface area contributed by atoms with Gasteiger partial charge in [0.2, 0.25) is 5.78 Å². The van der Waals surface area contributed by atoms with Crippen molar-refractivity contribution < 1.29 is 19.1 Å². The Morgan fingerprint density at radius 2 is 1.89 bits per heavy atom. The zero-order valence-corrected chi connectivity index (χ0v) is 14.8. The summed E-state index contributed by atoms with van der Waals surface area (Å²) >= 11 is 0. The van der Waals surface area contributed by atoms with Gasteiger partial charge in [0.15, 0.2) is 5.78 Å². The molecule has 1 aliphatic carbocycles. The van der Waals surface area contributed by atoms with Crippen molar-refractivity contribution in [2.75, 3.05) is 6.61 Å². The lowest BCUT2D eigenvalue weighted by molar-refractivity contribution is 0.0522. The third-order valence-electron chi connectivity index (χ3n) is 5.56. The molecule has 1 aromatic heterocycles. The van der Waals surface area contributed by atoms with Gasteiger partial charge in [-0.05, 0) is 24.6 Å². The molecular formula is C21H18N2O4. The third-order valence-corrected chi connectivity index (χ3v) is 5.56. The number of aromatic nitrogens is 1. The number of carbonyl (C=O) groups is 3. The van der Waals surface area contributed by atoms with Crippen LogP contribution in [0.1, 0.15) is 55.4 Å². The van der Waals surface area contributed by atoms with E-state index in [0.29, 0.717) is 12.2 Å². The molecule has 0 N–H and O–H groups in total. The van der Waals surface area contributed by atoms with Crippen molar-refractivity contribution in [3.8, 4) is 0 Å². The Labute approximate surface area is 156 Å². The van der Waals surface area contributed by atoms with E-state index in [1.165, 1.54) is 17.7 Å². The molecule has 3 atom stereocenters. The number of esters is 1.